The van der Waals surface area contributed by atoms with Crippen LogP contribution in [0.5, 0.6) is 0 Å². The molecule has 1 aliphatic heterocycles. The second-order valence-electron chi connectivity index (χ2n) is 4.53. The zero-order valence-electron chi connectivity index (χ0n) is 10.2. The molecule has 0 bridgehead atoms. The summed E-state index contributed by atoms with van der Waals surface area (Å²) >= 11 is 0. The molecule has 0 atom stereocenters. The predicted octanol–water partition coefficient (Wildman–Crippen LogP) is 2.44. The van der Waals surface area contributed by atoms with Crippen molar-refractivity contribution in [3.8, 4) is 0 Å². The maximum Gasteiger partial charge on any atom is 0.0398 e. The Bertz CT molecular complexity index is 322. The van der Waals surface area contributed by atoms with E-state index >= 15 is 0 Å². The van der Waals surface area contributed by atoms with Crippen molar-refractivity contribution in [2.75, 3.05) is 31.6 Å². The number of benzene rings is 1. The smallest absolute Gasteiger partial charge is 0.0398 e. The Kier molecular flexibility index (Phi) is 4.23. The first-order valence-corrected chi connectivity index (χ1v) is 6.39. The third-order valence-corrected chi connectivity index (χ3v) is 3.31. The fraction of sp³-hybridized carbons (Fsp3) is 0.571. The Hall–Kier alpha value is -1.02. The van der Waals surface area contributed by atoms with E-state index in [1.165, 1.54) is 50.0 Å². The summed E-state index contributed by atoms with van der Waals surface area (Å²) < 4.78 is 0. The van der Waals surface area contributed by atoms with Crippen LogP contribution < -0.4 is 10.2 Å². The number of anilines is 1. The van der Waals surface area contributed by atoms with E-state index in [-0.39, 0.29) is 0 Å². The molecule has 0 fully saturated rings. The predicted molar refractivity (Wildman–Crippen MR) is 70.1 cm³/mol. The molecule has 0 aliphatic carbocycles. The molecule has 1 aromatic carbocycles. The summed E-state index contributed by atoms with van der Waals surface area (Å²) in [5, 5.41) is 3.22. The summed E-state index contributed by atoms with van der Waals surface area (Å²) in [5.41, 5.74) is 3.00. The van der Waals surface area contributed by atoms with Crippen LogP contribution in [0.2, 0.25) is 0 Å². The quantitative estimate of drug-likeness (QED) is 0.781. The molecule has 0 amide bonds. The van der Waals surface area contributed by atoms with Crippen LogP contribution in [0.4, 0.5) is 5.69 Å². The van der Waals surface area contributed by atoms with Gasteiger partial charge in [0.2, 0.25) is 0 Å². The molecule has 1 aliphatic rings. The van der Waals surface area contributed by atoms with Crippen molar-refractivity contribution in [1.82, 2.24) is 5.32 Å². The number of hydrogen-bond acceptors (Lipinski definition) is 2. The topological polar surface area (TPSA) is 15.3 Å². The Morgan fingerprint density at radius 2 is 2.12 bits per heavy atom. The van der Waals surface area contributed by atoms with Gasteiger partial charge in [-0.2, -0.15) is 0 Å². The van der Waals surface area contributed by atoms with Gasteiger partial charge in [0.05, 0.1) is 0 Å². The molecule has 0 saturated heterocycles. The van der Waals surface area contributed by atoms with Crippen molar-refractivity contribution in [2.24, 2.45) is 0 Å². The fourth-order valence-electron chi connectivity index (χ4n) is 2.45. The fourth-order valence-corrected chi connectivity index (χ4v) is 2.45. The SMILES string of the molecule is CNCCCN1CCCCc2ccccc21. The monoisotopic (exact) mass is 218 g/mol. The van der Waals surface area contributed by atoms with Gasteiger partial charge in [-0.25, -0.2) is 0 Å². The summed E-state index contributed by atoms with van der Waals surface area (Å²) in [4.78, 5) is 2.56. The van der Waals surface area contributed by atoms with Crippen molar-refractivity contribution < 1.29 is 0 Å². The number of nitrogens with zero attached hydrogens (tertiary/aromatic N) is 1. The van der Waals surface area contributed by atoms with E-state index in [0.717, 1.165) is 6.54 Å². The van der Waals surface area contributed by atoms with Gasteiger partial charge in [0.15, 0.2) is 0 Å². The van der Waals surface area contributed by atoms with Crippen LogP contribution in [0.3, 0.4) is 0 Å². The van der Waals surface area contributed by atoms with E-state index in [0.29, 0.717) is 0 Å². The molecule has 0 aromatic heterocycles. The van der Waals surface area contributed by atoms with Crippen LogP contribution in [-0.4, -0.2) is 26.7 Å². The molecule has 0 saturated carbocycles. The van der Waals surface area contributed by atoms with Gasteiger partial charge < -0.3 is 10.2 Å². The highest BCUT2D eigenvalue weighted by atomic mass is 15.1. The molecular formula is C14H22N2. The summed E-state index contributed by atoms with van der Waals surface area (Å²) in [6.45, 7) is 3.51. The molecule has 1 heterocycles. The molecule has 0 spiro atoms. The van der Waals surface area contributed by atoms with E-state index in [1.807, 2.05) is 7.05 Å². The van der Waals surface area contributed by atoms with E-state index in [2.05, 4.69) is 34.5 Å². The minimum absolute atomic E-state index is 1.11. The molecule has 1 aromatic rings. The van der Waals surface area contributed by atoms with E-state index in [1.54, 1.807) is 0 Å². The van der Waals surface area contributed by atoms with Crippen molar-refractivity contribution in [3.63, 3.8) is 0 Å². The summed E-state index contributed by atoms with van der Waals surface area (Å²) in [7, 11) is 2.02. The first-order chi connectivity index (χ1) is 7.92. The molecule has 0 unspecified atom stereocenters. The molecule has 16 heavy (non-hydrogen) atoms. The first-order valence-electron chi connectivity index (χ1n) is 6.39. The van der Waals surface area contributed by atoms with Crippen LogP contribution in [0.1, 0.15) is 24.8 Å². The molecule has 2 nitrogen and oxygen atoms in total. The second kappa shape index (κ2) is 5.90. The highest BCUT2D eigenvalue weighted by molar-refractivity contribution is 5.54. The molecular weight excluding hydrogens is 196 g/mol. The van der Waals surface area contributed by atoms with Crippen molar-refractivity contribution in [3.05, 3.63) is 29.8 Å². The van der Waals surface area contributed by atoms with Gasteiger partial charge >= 0.3 is 0 Å². The number of rotatable bonds is 4. The minimum Gasteiger partial charge on any atom is -0.371 e. The summed E-state index contributed by atoms with van der Waals surface area (Å²) in [6, 6.07) is 8.89. The third kappa shape index (κ3) is 2.76. The number of nitrogens with one attached hydrogen (secondary N) is 1. The highest BCUT2D eigenvalue weighted by Gasteiger charge is 2.13. The van der Waals surface area contributed by atoms with Gasteiger partial charge in [-0.1, -0.05) is 18.2 Å². The second-order valence-corrected chi connectivity index (χ2v) is 4.53. The van der Waals surface area contributed by atoms with Crippen LogP contribution >= 0.6 is 0 Å². The molecule has 2 rings (SSSR count). The van der Waals surface area contributed by atoms with Crippen LogP contribution in [0, 0.1) is 0 Å². The van der Waals surface area contributed by atoms with Crippen LogP contribution in [-0.2, 0) is 6.42 Å². The van der Waals surface area contributed by atoms with Crippen molar-refractivity contribution >= 4 is 5.69 Å². The highest BCUT2D eigenvalue weighted by Crippen LogP contribution is 2.25. The van der Waals surface area contributed by atoms with Gasteiger partial charge in [0.25, 0.3) is 0 Å². The normalized spacial score (nSPS) is 15.7. The maximum absolute atomic E-state index is 3.22. The Labute approximate surface area is 98.7 Å². The molecule has 2 heteroatoms. The zero-order chi connectivity index (χ0) is 11.2. The molecule has 1 N–H and O–H groups in total. The molecule has 88 valence electrons. The number of hydrogen-bond donors (Lipinski definition) is 1. The number of para-hydroxylation sites is 1. The number of aryl methyl sites for hydroxylation is 1. The summed E-state index contributed by atoms with van der Waals surface area (Å²) in [5.74, 6) is 0. The Balaban J connectivity index is 2.06. The van der Waals surface area contributed by atoms with Crippen LogP contribution in [0.25, 0.3) is 0 Å². The van der Waals surface area contributed by atoms with Gasteiger partial charge in [-0.05, 0) is 50.9 Å². The van der Waals surface area contributed by atoms with Gasteiger partial charge in [0.1, 0.15) is 0 Å². The lowest BCUT2D eigenvalue weighted by Crippen LogP contribution is -2.27. The standard InChI is InChI=1S/C14H22N2/c1-15-10-6-12-16-11-5-4-8-13-7-2-3-9-14(13)16/h2-3,7,9,15H,4-6,8,10-12H2,1H3. The Morgan fingerprint density at radius 1 is 1.25 bits per heavy atom. The van der Waals surface area contributed by atoms with Gasteiger partial charge in [0, 0.05) is 18.8 Å². The lowest BCUT2D eigenvalue weighted by Gasteiger charge is -2.24. The van der Waals surface area contributed by atoms with Crippen LogP contribution in [0.15, 0.2) is 24.3 Å². The third-order valence-electron chi connectivity index (χ3n) is 3.31. The minimum atomic E-state index is 1.11. The van der Waals surface area contributed by atoms with Gasteiger partial charge in [-0.15, -0.1) is 0 Å². The molecule has 0 radical (unpaired) electrons. The lowest BCUT2D eigenvalue weighted by molar-refractivity contribution is 0.663. The largest absolute Gasteiger partial charge is 0.371 e. The van der Waals surface area contributed by atoms with Gasteiger partial charge in [-0.3, -0.25) is 0 Å². The van der Waals surface area contributed by atoms with E-state index < -0.39 is 0 Å². The maximum atomic E-state index is 3.22. The number of fused-ring (bicyclic) bond motifs is 1. The average molecular weight is 218 g/mol. The Morgan fingerprint density at radius 3 is 3.00 bits per heavy atom. The van der Waals surface area contributed by atoms with Crippen molar-refractivity contribution in [1.29, 1.82) is 0 Å². The first kappa shape index (κ1) is 11.5. The van der Waals surface area contributed by atoms with E-state index in [9.17, 15) is 0 Å². The van der Waals surface area contributed by atoms with Crippen molar-refractivity contribution in [2.45, 2.75) is 25.7 Å². The average Bonchev–Trinajstić information content (AvgIpc) is 2.52. The van der Waals surface area contributed by atoms with E-state index in [4.69, 9.17) is 0 Å². The zero-order valence-corrected chi connectivity index (χ0v) is 10.2. The lowest BCUT2D eigenvalue weighted by atomic mass is 10.1. The summed E-state index contributed by atoms with van der Waals surface area (Å²) in [6.07, 6.45) is 5.14.